The summed E-state index contributed by atoms with van der Waals surface area (Å²) in [6.07, 6.45) is 2.16. The molecule has 0 radical (unpaired) electrons. The van der Waals surface area contributed by atoms with Crippen molar-refractivity contribution in [2.45, 2.75) is 18.4 Å². The van der Waals surface area contributed by atoms with E-state index in [0.29, 0.717) is 13.2 Å². The summed E-state index contributed by atoms with van der Waals surface area (Å²) in [4.78, 5) is 10.4. The van der Waals surface area contributed by atoms with Crippen molar-refractivity contribution < 1.29 is 14.4 Å². The maximum Gasteiger partial charge on any atom is 0.311 e. The molecule has 1 atom stereocenters. The van der Waals surface area contributed by atoms with Crippen molar-refractivity contribution in [1.82, 2.24) is 5.32 Å². The summed E-state index contributed by atoms with van der Waals surface area (Å²) < 4.78 is 10.4. The molecule has 1 saturated heterocycles. The van der Waals surface area contributed by atoms with Crippen LogP contribution < -0.4 is 15.4 Å². The molecule has 1 aliphatic rings. The van der Waals surface area contributed by atoms with E-state index >= 15 is 0 Å². The number of methoxy groups -OCH3 is 2. The molecule has 0 aliphatic carbocycles. The lowest BCUT2D eigenvalue weighted by molar-refractivity contribution is -0.385. The van der Waals surface area contributed by atoms with Crippen LogP contribution in [0.25, 0.3) is 0 Å². The minimum atomic E-state index is -0.451. The zero-order valence-electron chi connectivity index (χ0n) is 12.3. The molecule has 2 rings (SSSR count). The molecule has 0 amide bonds. The summed E-state index contributed by atoms with van der Waals surface area (Å²) in [7, 11) is 3.12. The topological polar surface area (TPSA) is 85.7 Å². The van der Waals surface area contributed by atoms with Gasteiger partial charge in [-0.05, 0) is 25.5 Å². The lowest BCUT2D eigenvalue weighted by Gasteiger charge is -2.29. The average Bonchev–Trinajstić information content (AvgIpc) is 2.94. The van der Waals surface area contributed by atoms with Gasteiger partial charge in [-0.25, -0.2) is 0 Å². The van der Waals surface area contributed by atoms with Crippen molar-refractivity contribution in [1.29, 1.82) is 0 Å². The fourth-order valence-electron chi connectivity index (χ4n) is 2.68. The van der Waals surface area contributed by atoms with Crippen molar-refractivity contribution >= 4 is 11.4 Å². The van der Waals surface area contributed by atoms with E-state index in [0.717, 1.165) is 25.1 Å². The van der Waals surface area contributed by atoms with Gasteiger partial charge in [-0.1, -0.05) is 0 Å². The number of nitrogens with zero attached hydrogens (tertiary/aromatic N) is 1. The van der Waals surface area contributed by atoms with Gasteiger partial charge in [0.1, 0.15) is 0 Å². The minimum Gasteiger partial charge on any atom is -0.490 e. The molecule has 1 fully saturated rings. The first-order chi connectivity index (χ1) is 10.1. The van der Waals surface area contributed by atoms with Gasteiger partial charge < -0.3 is 20.1 Å². The highest BCUT2D eigenvalue weighted by Gasteiger charge is 2.33. The molecule has 1 aromatic carbocycles. The van der Waals surface area contributed by atoms with Crippen LogP contribution in [0.5, 0.6) is 5.75 Å². The number of nitro benzene ring substituents is 1. The molecular weight excluding hydrogens is 274 g/mol. The number of nitro groups is 1. The van der Waals surface area contributed by atoms with Gasteiger partial charge in [0.2, 0.25) is 0 Å². The summed E-state index contributed by atoms with van der Waals surface area (Å²) in [5, 5.41) is 17.7. The SMILES string of the molecule is COCC1(CNc2ccc([N+](=O)[O-])c(OC)c2)CCCN1. The first-order valence-corrected chi connectivity index (χ1v) is 6.90. The van der Waals surface area contributed by atoms with E-state index in [1.165, 1.54) is 13.2 Å². The number of nitrogens with one attached hydrogen (secondary N) is 2. The molecule has 0 aromatic heterocycles. The van der Waals surface area contributed by atoms with Gasteiger partial charge in [0, 0.05) is 31.5 Å². The van der Waals surface area contributed by atoms with Crippen LogP contribution in [0.15, 0.2) is 18.2 Å². The molecule has 1 aromatic rings. The maximum atomic E-state index is 10.9. The second-order valence-corrected chi connectivity index (χ2v) is 5.24. The van der Waals surface area contributed by atoms with E-state index < -0.39 is 4.92 Å². The van der Waals surface area contributed by atoms with Crippen LogP contribution in [0.4, 0.5) is 11.4 Å². The highest BCUT2D eigenvalue weighted by atomic mass is 16.6. The molecule has 21 heavy (non-hydrogen) atoms. The number of anilines is 1. The van der Waals surface area contributed by atoms with Gasteiger partial charge in [-0.2, -0.15) is 0 Å². The third-order valence-electron chi connectivity index (χ3n) is 3.76. The van der Waals surface area contributed by atoms with Crippen LogP contribution >= 0.6 is 0 Å². The van der Waals surface area contributed by atoms with Crippen LogP contribution in [0, 0.1) is 10.1 Å². The van der Waals surface area contributed by atoms with Crippen LogP contribution in [0.3, 0.4) is 0 Å². The predicted octanol–water partition coefficient (Wildman–Crippen LogP) is 1.78. The summed E-state index contributed by atoms with van der Waals surface area (Å²) in [5.74, 6) is 0.255. The van der Waals surface area contributed by atoms with Crippen LogP contribution in [-0.2, 0) is 4.74 Å². The third-order valence-corrected chi connectivity index (χ3v) is 3.76. The Morgan fingerprint density at radius 2 is 2.29 bits per heavy atom. The molecule has 1 aliphatic heterocycles. The quantitative estimate of drug-likeness (QED) is 0.589. The van der Waals surface area contributed by atoms with Crippen molar-refractivity contribution in [2.24, 2.45) is 0 Å². The van der Waals surface area contributed by atoms with Gasteiger partial charge in [0.25, 0.3) is 0 Å². The third kappa shape index (κ3) is 3.62. The predicted molar refractivity (Wildman–Crippen MR) is 80.0 cm³/mol. The molecule has 0 saturated carbocycles. The summed E-state index contributed by atoms with van der Waals surface area (Å²) in [5.41, 5.74) is 0.680. The lowest BCUT2D eigenvalue weighted by atomic mass is 9.98. The van der Waals surface area contributed by atoms with E-state index in [9.17, 15) is 10.1 Å². The average molecular weight is 295 g/mol. The minimum absolute atomic E-state index is 0.0337. The Balaban J connectivity index is 2.07. The van der Waals surface area contributed by atoms with Crippen LogP contribution in [-0.4, -0.2) is 44.4 Å². The van der Waals surface area contributed by atoms with E-state index in [4.69, 9.17) is 9.47 Å². The van der Waals surface area contributed by atoms with E-state index in [1.807, 2.05) is 0 Å². The molecule has 7 heteroatoms. The van der Waals surface area contributed by atoms with E-state index in [-0.39, 0.29) is 17.0 Å². The first-order valence-electron chi connectivity index (χ1n) is 6.90. The zero-order valence-corrected chi connectivity index (χ0v) is 12.3. The number of benzene rings is 1. The Hall–Kier alpha value is -1.86. The summed E-state index contributed by atoms with van der Waals surface area (Å²) in [6.45, 7) is 2.31. The van der Waals surface area contributed by atoms with Gasteiger partial charge in [0.15, 0.2) is 5.75 Å². The van der Waals surface area contributed by atoms with Crippen LogP contribution in [0.2, 0.25) is 0 Å². The number of hydrogen-bond acceptors (Lipinski definition) is 6. The fraction of sp³-hybridized carbons (Fsp3) is 0.571. The van der Waals surface area contributed by atoms with Crippen LogP contribution in [0.1, 0.15) is 12.8 Å². The molecule has 116 valence electrons. The summed E-state index contributed by atoms with van der Waals surface area (Å²) in [6, 6.07) is 4.79. The van der Waals surface area contributed by atoms with Gasteiger partial charge in [-0.15, -0.1) is 0 Å². The zero-order chi connectivity index (χ0) is 15.3. The Kier molecular flexibility index (Phi) is 4.98. The molecule has 7 nitrogen and oxygen atoms in total. The second kappa shape index (κ2) is 6.73. The number of hydrogen-bond donors (Lipinski definition) is 2. The monoisotopic (exact) mass is 295 g/mol. The van der Waals surface area contributed by atoms with Gasteiger partial charge in [-0.3, -0.25) is 10.1 Å². The molecular formula is C14H21N3O4. The lowest BCUT2D eigenvalue weighted by Crippen LogP contribution is -2.49. The molecule has 2 N–H and O–H groups in total. The second-order valence-electron chi connectivity index (χ2n) is 5.24. The van der Waals surface area contributed by atoms with Crippen molar-refractivity contribution in [3.8, 4) is 5.75 Å². The smallest absolute Gasteiger partial charge is 0.311 e. The number of ether oxygens (including phenoxy) is 2. The Morgan fingerprint density at radius 3 is 2.86 bits per heavy atom. The Morgan fingerprint density at radius 1 is 1.48 bits per heavy atom. The highest BCUT2D eigenvalue weighted by Crippen LogP contribution is 2.30. The van der Waals surface area contributed by atoms with Crippen molar-refractivity contribution in [3.05, 3.63) is 28.3 Å². The van der Waals surface area contributed by atoms with E-state index in [1.54, 1.807) is 19.2 Å². The normalized spacial score (nSPS) is 21.2. The molecule has 1 heterocycles. The Labute approximate surface area is 123 Å². The largest absolute Gasteiger partial charge is 0.490 e. The number of rotatable bonds is 7. The first kappa shape index (κ1) is 15.5. The Bertz CT molecular complexity index is 501. The fourth-order valence-corrected chi connectivity index (χ4v) is 2.68. The summed E-state index contributed by atoms with van der Waals surface area (Å²) >= 11 is 0. The van der Waals surface area contributed by atoms with Crippen molar-refractivity contribution in [2.75, 3.05) is 39.2 Å². The molecule has 1 unspecified atom stereocenters. The van der Waals surface area contributed by atoms with E-state index in [2.05, 4.69) is 10.6 Å². The standard InChI is InChI=1S/C14H21N3O4/c1-20-10-14(6-3-7-16-14)9-15-11-4-5-12(17(18)19)13(8-11)21-2/h4-5,8,15-16H,3,6-7,9-10H2,1-2H3. The highest BCUT2D eigenvalue weighted by molar-refractivity contribution is 5.58. The van der Waals surface area contributed by atoms with Gasteiger partial charge >= 0.3 is 5.69 Å². The van der Waals surface area contributed by atoms with Gasteiger partial charge in [0.05, 0.1) is 24.2 Å². The molecule has 0 spiro atoms. The maximum absolute atomic E-state index is 10.9. The molecule has 0 bridgehead atoms. The van der Waals surface area contributed by atoms with Crippen molar-refractivity contribution in [3.63, 3.8) is 0 Å².